The molecule has 0 heterocycles. The molecule has 0 fully saturated rings. The molecule has 0 unspecified atom stereocenters. The molecular weight excluding hydrogens is 218 g/mol. The number of hydrogen-bond acceptors (Lipinski definition) is 3. The lowest BCUT2D eigenvalue weighted by molar-refractivity contribution is -0.123. The van der Waals surface area contributed by atoms with Crippen molar-refractivity contribution in [3.63, 3.8) is 0 Å². The summed E-state index contributed by atoms with van der Waals surface area (Å²) in [5, 5.41) is 2.20. The zero-order chi connectivity index (χ0) is 11.7. The second kappa shape index (κ2) is 8.68. The SMILES string of the molecule is CC(C)OCCCNC(=O)CCC(=O)Cl. The molecule has 0 spiro atoms. The van der Waals surface area contributed by atoms with E-state index < -0.39 is 5.24 Å². The van der Waals surface area contributed by atoms with Gasteiger partial charge in [-0.2, -0.15) is 0 Å². The Morgan fingerprint density at radius 1 is 1.33 bits per heavy atom. The van der Waals surface area contributed by atoms with Gasteiger partial charge in [-0.1, -0.05) is 0 Å². The molecular formula is C10H18ClNO3. The summed E-state index contributed by atoms with van der Waals surface area (Å²) in [5.74, 6) is -0.145. The Hall–Kier alpha value is -0.610. The van der Waals surface area contributed by atoms with Gasteiger partial charge in [-0.15, -0.1) is 0 Å². The van der Waals surface area contributed by atoms with E-state index in [4.69, 9.17) is 16.3 Å². The normalized spacial score (nSPS) is 10.4. The quantitative estimate of drug-likeness (QED) is 0.512. The fourth-order valence-electron chi connectivity index (χ4n) is 0.919. The number of rotatable bonds is 8. The van der Waals surface area contributed by atoms with Gasteiger partial charge in [0.15, 0.2) is 0 Å². The summed E-state index contributed by atoms with van der Waals surface area (Å²) in [4.78, 5) is 21.4. The molecule has 0 aliphatic rings. The summed E-state index contributed by atoms with van der Waals surface area (Å²) in [5.41, 5.74) is 0. The Labute approximate surface area is 95.3 Å². The number of halogens is 1. The first-order chi connectivity index (χ1) is 7.02. The molecule has 88 valence electrons. The van der Waals surface area contributed by atoms with Gasteiger partial charge in [0.1, 0.15) is 0 Å². The van der Waals surface area contributed by atoms with Crippen LogP contribution in [0.4, 0.5) is 0 Å². The van der Waals surface area contributed by atoms with Crippen LogP contribution in [0.25, 0.3) is 0 Å². The molecule has 15 heavy (non-hydrogen) atoms. The van der Waals surface area contributed by atoms with Crippen molar-refractivity contribution < 1.29 is 14.3 Å². The van der Waals surface area contributed by atoms with Crippen molar-refractivity contribution in [1.29, 1.82) is 0 Å². The first-order valence-corrected chi connectivity index (χ1v) is 5.46. The zero-order valence-corrected chi connectivity index (χ0v) is 9.97. The third-order valence-electron chi connectivity index (χ3n) is 1.64. The molecule has 0 aliphatic carbocycles. The fourth-order valence-corrected chi connectivity index (χ4v) is 1.01. The summed E-state index contributed by atoms with van der Waals surface area (Å²) >= 11 is 5.10. The van der Waals surface area contributed by atoms with Crippen molar-refractivity contribution in [3.8, 4) is 0 Å². The van der Waals surface area contributed by atoms with Crippen molar-refractivity contribution >= 4 is 22.8 Å². The number of amides is 1. The van der Waals surface area contributed by atoms with Gasteiger partial charge in [0.05, 0.1) is 6.10 Å². The molecule has 0 saturated carbocycles. The fraction of sp³-hybridized carbons (Fsp3) is 0.800. The van der Waals surface area contributed by atoms with Crippen LogP contribution in [0.15, 0.2) is 0 Å². The summed E-state index contributed by atoms with van der Waals surface area (Å²) in [6, 6.07) is 0. The number of ether oxygens (including phenoxy) is 1. The van der Waals surface area contributed by atoms with Gasteiger partial charge in [-0.25, -0.2) is 0 Å². The first-order valence-electron chi connectivity index (χ1n) is 5.09. The van der Waals surface area contributed by atoms with Crippen LogP contribution in [-0.4, -0.2) is 30.4 Å². The Morgan fingerprint density at radius 3 is 2.53 bits per heavy atom. The van der Waals surface area contributed by atoms with E-state index in [2.05, 4.69) is 5.32 Å². The molecule has 0 rings (SSSR count). The van der Waals surface area contributed by atoms with Gasteiger partial charge >= 0.3 is 0 Å². The Kier molecular flexibility index (Phi) is 8.33. The average molecular weight is 236 g/mol. The lowest BCUT2D eigenvalue weighted by Gasteiger charge is -2.07. The van der Waals surface area contributed by atoms with Crippen molar-refractivity contribution in [3.05, 3.63) is 0 Å². The van der Waals surface area contributed by atoms with E-state index in [0.717, 1.165) is 6.42 Å². The van der Waals surface area contributed by atoms with Gasteiger partial charge in [0.2, 0.25) is 11.1 Å². The maximum Gasteiger partial charge on any atom is 0.222 e. The summed E-state index contributed by atoms with van der Waals surface area (Å²) in [6.07, 6.45) is 1.25. The van der Waals surface area contributed by atoms with Crippen molar-refractivity contribution in [2.24, 2.45) is 0 Å². The van der Waals surface area contributed by atoms with E-state index in [9.17, 15) is 9.59 Å². The highest BCUT2D eigenvalue weighted by atomic mass is 35.5. The van der Waals surface area contributed by atoms with Gasteiger partial charge in [0.25, 0.3) is 0 Å². The van der Waals surface area contributed by atoms with Gasteiger partial charge < -0.3 is 10.1 Å². The first kappa shape index (κ1) is 14.4. The maximum absolute atomic E-state index is 11.1. The molecule has 0 saturated heterocycles. The summed E-state index contributed by atoms with van der Waals surface area (Å²) < 4.78 is 5.30. The summed E-state index contributed by atoms with van der Waals surface area (Å²) in [7, 11) is 0. The smallest absolute Gasteiger partial charge is 0.222 e. The molecule has 0 aromatic rings. The van der Waals surface area contributed by atoms with Crippen LogP contribution in [0.2, 0.25) is 0 Å². The molecule has 0 aliphatic heterocycles. The molecule has 0 aromatic heterocycles. The Balaban J connectivity index is 3.28. The van der Waals surface area contributed by atoms with Crippen LogP contribution >= 0.6 is 11.6 Å². The predicted octanol–water partition coefficient (Wildman–Crippen LogP) is 1.46. The predicted molar refractivity (Wildman–Crippen MR) is 58.8 cm³/mol. The van der Waals surface area contributed by atoms with E-state index in [1.807, 2.05) is 13.8 Å². The molecule has 5 heteroatoms. The molecule has 4 nitrogen and oxygen atoms in total. The summed E-state index contributed by atoms with van der Waals surface area (Å²) in [6.45, 7) is 5.13. The minimum Gasteiger partial charge on any atom is -0.379 e. The lowest BCUT2D eigenvalue weighted by atomic mass is 10.3. The molecule has 1 N–H and O–H groups in total. The molecule has 1 amide bonds. The van der Waals surface area contributed by atoms with Gasteiger partial charge in [0, 0.05) is 26.0 Å². The highest BCUT2D eigenvalue weighted by molar-refractivity contribution is 6.63. The topological polar surface area (TPSA) is 55.4 Å². The highest BCUT2D eigenvalue weighted by Gasteiger charge is 2.03. The molecule has 0 bridgehead atoms. The van der Waals surface area contributed by atoms with E-state index in [1.165, 1.54) is 0 Å². The number of carbonyl (C=O) groups is 2. The second-order valence-electron chi connectivity index (χ2n) is 3.48. The van der Waals surface area contributed by atoms with E-state index in [0.29, 0.717) is 13.2 Å². The van der Waals surface area contributed by atoms with Crippen LogP contribution < -0.4 is 5.32 Å². The maximum atomic E-state index is 11.1. The number of hydrogen-bond donors (Lipinski definition) is 1. The van der Waals surface area contributed by atoms with Crippen molar-refractivity contribution in [1.82, 2.24) is 5.32 Å². The van der Waals surface area contributed by atoms with Crippen LogP contribution in [0.1, 0.15) is 33.1 Å². The third-order valence-corrected chi connectivity index (χ3v) is 1.83. The minimum atomic E-state index is -0.478. The molecule has 0 radical (unpaired) electrons. The minimum absolute atomic E-state index is 0.0931. The lowest BCUT2D eigenvalue weighted by Crippen LogP contribution is -2.25. The largest absolute Gasteiger partial charge is 0.379 e. The third kappa shape index (κ3) is 11.3. The Morgan fingerprint density at radius 2 is 2.00 bits per heavy atom. The molecule has 0 atom stereocenters. The molecule has 0 aromatic carbocycles. The van der Waals surface area contributed by atoms with Crippen molar-refractivity contribution in [2.75, 3.05) is 13.2 Å². The monoisotopic (exact) mass is 235 g/mol. The van der Waals surface area contributed by atoms with Crippen LogP contribution in [0.5, 0.6) is 0 Å². The van der Waals surface area contributed by atoms with E-state index >= 15 is 0 Å². The van der Waals surface area contributed by atoms with Crippen LogP contribution in [0, 0.1) is 0 Å². The van der Waals surface area contributed by atoms with Crippen LogP contribution in [-0.2, 0) is 14.3 Å². The van der Waals surface area contributed by atoms with Gasteiger partial charge in [-0.3, -0.25) is 9.59 Å². The number of carbonyl (C=O) groups excluding carboxylic acids is 2. The zero-order valence-electron chi connectivity index (χ0n) is 9.22. The van der Waals surface area contributed by atoms with Crippen LogP contribution in [0.3, 0.4) is 0 Å². The van der Waals surface area contributed by atoms with Crippen molar-refractivity contribution in [2.45, 2.75) is 39.2 Å². The Bertz CT molecular complexity index is 207. The second-order valence-corrected chi connectivity index (χ2v) is 3.90. The van der Waals surface area contributed by atoms with Gasteiger partial charge in [-0.05, 0) is 31.9 Å². The standard InChI is InChI=1S/C10H18ClNO3/c1-8(2)15-7-3-6-12-10(14)5-4-9(11)13/h8H,3-7H2,1-2H3,(H,12,14). The number of nitrogens with one attached hydrogen (secondary N) is 1. The van der Waals surface area contributed by atoms with E-state index in [-0.39, 0.29) is 24.9 Å². The van der Waals surface area contributed by atoms with E-state index in [1.54, 1.807) is 0 Å². The highest BCUT2D eigenvalue weighted by Crippen LogP contribution is 1.94. The average Bonchev–Trinajstić information content (AvgIpc) is 2.13.